The summed E-state index contributed by atoms with van der Waals surface area (Å²) in [6.07, 6.45) is 3.93. The van der Waals surface area contributed by atoms with Gasteiger partial charge < -0.3 is 20.7 Å². The first-order chi connectivity index (χ1) is 10.3. The van der Waals surface area contributed by atoms with Crippen molar-refractivity contribution in [1.29, 1.82) is 0 Å². The normalized spacial score (nSPS) is 16.7. The number of guanidine groups is 1. The fourth-order valence-corrected chi connectivity index (χ4v) is 2.30. The highest BCUT2D eigenvalue weighted by molar-refractivity contribution is 14.0. The number of hydrogen-bond acceptors (Lipinski definition) is 3. The van der Waals surface area contributed by atoms with Crippen LogP contribution in [0.25, 0.3) is 0 Å². The van der Waals surface area contributed by atoms with E-state index in [1.54, 1.807) is 4.90 Å². The van der Waals surface area contributed by atoms with E-state index >= 15 is 0 Å². The third kappa shape index (κ3) is 9.88. The van der Waals surface area contributed by atoms with Crippen LogP contribution >= 0.6 is 24.0 Å². The number of halogens is 1. The Morgan fingerprint density at radius 3 is 2.48 bits per heavy atom. The summed E-state index contributed by atoms with van der Waals surface area (Å²) in [6.45, 7) is 10.9. The summed E-state index contributed by atoms with van der Waals surface area (Å²) >= 11 is 0. The molecule has 1 rings (SSSR count). The van der Waals surface area contributed by atoms with Crippen LogP contribution in [0, 0.1) is 5.92 Å². The standard InChI is InChI=1S/C16H32N4O2.HI/c1-5-6-9-18-14(17)19-12-13-7-10-20(11-8-13)15(21)22-16(2,3)4;/h13H,5-12H2,1-4H3,(H3,17,18,19);1H. The van der Waals surface area contributed by atoms with Crippen molar-refractivity contribution in [2.45, 2.75) is 59.0 Å². The molecule has 0 aliphatic carbocycles. The zero-order valence-electron chi connectivity index (χ0n) is 14.9. The molecule has 1 heterocycles. The van der Waals surface area contributed by atoms with Crippen LogP contribution in [0.15, 0.2) is 4.99 Å². The minimum atomic E-state index is -0.434. The van der Waals surface area contributed by atoms with Crippen molar-refractivity contribution in [1.82, 2.24) is 10.2 Å². The molecule has 7 heteroatoms. The number of carbonyl (C=O) groups excluding carboxylic acids is 1. The number of carbonyl (C=O) groups is 1. The number of ether oxygens (including phenoxy) is 1. The van der Waals surface area contributed by atoms with Gasteiger partial charge in [-0.2, -0.15) is 0 Å². The van der Waals surface area contributed by atoms with Crippen LogP contribution in [0.1, 0.15) is 53.4 Å². The second-order valence-corrected chi connectivity index (χ2v) is 6.92. The van der Waals surface area contributed by atoms with Crippen molar-refractivity contribution in [2.24, 2.45) is 16.6 Å². The van der Waals surface area contributed by atoms with Gasteiger partial charge in [0, 0.05) is 26.2 Å². The second kappa shape index (κ2) is 10.9. The maximum atomic E-state index is 12.0. The van der Waals surface area contributed by atoms with E-state index in [1.165, 1.54) is 0 Å². The van der Waals surface area contributed by atoms with Gasteiger partial charge in [0.05, 0.1) is 0 Å². The van der Waals surface area contributed by atoms with E-state index in [4.69, 9.17) is 10.5 Å². The average Bonchev–Trinajstić information content (AvgIpc) is 2.44. The minimum absolute atomic E-state index is 0. The molecule has 1 amide bonds. The molecule has 0 atom stereocenters. The lowest BCUT2D eigenvalue weighted by molar-refractivity contribution is 0.0187. The van der Waals surface area contributed by atoms with Crippen LogP contribution in [-0.2, 0) is 4.74 Å². The Bertz CT molecular complexity index is 375. The second-order valence-electron chi connectivity index (χ2n) is 6.92. The molecule has 23 heavy (non-hydrogen) atoms. The van der Waals surface area contributed by atoms with E-state index in [2.05, 4.69) is 17.2 Å². The van der Waals surface area contributed by atoms with Crippen LogP contribution in [0.2, 0.25) is 0 Å². The summed E-state index contributed by atoms with van der Waals surface area (Å²) < 4.78 is 5.39. The van der Waals surface area contributed by atoms with Gasteiger partial charge in [0.15, 0.2) is 5.96 Å². The van der Waals surface area contributed by atoms with Crippen molar-refractivity contribution in [2.75, 3.05) is 26.2 Å². The molecule has 0 radical (unpaired) electrons. The molecular formula is C16H33IN4O2. The lowest BCUT2D eigenvalue weighted by atomic mass is 9.97. The zero-order valence-corrected chi connectivity index (χ0v) is 17.3. The first-order valence-electron chi connectivity index (χ1n) is 8.33. The number of unbranched alkanes of at least 4 members (excludes halogenated alkanes) is 1. The molecule has 1 fully saturated rings. The smallest absolute Gasteiger partial charge is 0.410 e. The van der Waals surface area contributed by atoms with Crippen molar-refractivity contribution in [3.8, 4) is 0 Å². The van der Waals surface area contributed by atoms with Crippen molar-refractivity contribution < 1.29 is 9.53 Å². The first-order valence-corrected chi connectivity index (χ1v) is 8.33. The van der Waals surface area contributed by atoms with Gasteiger partial charge in [-0.3, -0.25) is 4.99 Å². The molecule has 1 aliphatic heterocycles. The van der Waals surface area contributed by atoms with Crippen molar-refractivity contribution in [3.05, 3.63) is 0 Å². The minimum Gasteiger partial charge on any atom is -0.444 e. The van der Waals surface area contributed by atoms with Crippen molar-refractivity contribution >= 4 is 36.0 Å². The third-order valence-electron chi connectivity index (χ3n) is 3.62. The van der Waals surface area contributed by atoms with Crippen LogP contribution in [0.3, 0.4) is 0 Å². The number of nitrogens with one attached hydrogen (secondary N) is 1. The fourth-order valence-electron chi connectivity index (χ4n) is 2.30. The summed E-state index contributed by atoms with van der Waals surface area (Å²) in [6, 6.07) is 0. The molecular weight excluding hydrogens is 407 g/mol. The van der Waals surface area contributed by atoms with Gasteiger partial charge in [-0.15, -0.1) is 24.0 Å². The number of rotatable bonds is 5. The molecule has 136 valence electrons. The molecule has 3 N–H and O–H groups in total. The number of nitrogens with zero attached hydrogens (tertiary/aromatic N) is 2. The lowest BCUT2D eigenvalue weighted by Crippen LogP contribution is -2.42. The molecule has 1 aliphatic rings. The third-order valence-corrected chi connectivity index (χ3v) is 3.62. The average molecular weight is 440 g/mol. The SMILES string of the molecule is CCCCNC(N)=NCC1CCN(C(=O)OC(C)(C)C)CC1.I. The van der Waals surface area contributed by atoms with E-state index in [0.717, 1.165) is 51.9 Å². The van der Waals surface area contributed by atoms with E-state index in [1.807, 2.05) is 20.8 Å². The molecule has 0 spiro atoms. The molecule has 0 aromatic heterocycles. The molecule has 0 bridgehead atoms. The Morgan fingerprint density at radius 2 is 1.96 bits per heavy atom. The summed E-state index contributed by atoms with van der Waals surface area (Å²) in [7, 11) is 0. The van der Waals surface area contributed by atoms with Gasteiger partial charge in [-0.25, -0.2) is 4.79 Å². The predicted octanol–water partition coefficient (Wildman–Crippen LogP) is 2.96. The van der Waals surface area contributed by atoms with E-state index < -0.39 is 5.60 Å². The highest BCUT2D eigenvalue weighted by Crippen LogP contribution is 2.19. The van der Waals surface area contributed by atoms with E-state index in [-0.39, 0.29) is 30.1 Å². The molecule has 0 aromatic rings. The van der Waals surface area contributed by atoms with Gasteiger partial charge in [0.1, 0.15) is 5.60 Å². The number of nitrogens with two attached hydrogens (primary N) is 1. The maximum absolute atomic E-state index is 12.0. The van der Waals surface area contributed by atoms with Gasteiger partial charge >= 0.3 is 6.09 Å². The molecule has 6 nitrogen and oxygen atoms in total. The van der Waals surface area contributed by atoms with Gasteiger partial charge in [0.25, 0.3) is 0 Å². The largest absolute Gasteiger partial charge is 0.444 e. The Balaban J connectivity index is 0.00000484. The quantitative estimate of drug-likeness (QED) is 0.298. The Kier molecular flexibility index (Phi) is 10.6. The monoisotopic (exact) mass is 440 g/mol. The molecule has 0 aromatic carbocycles. The topological polar surface area (TPSA) is 80.0 Å². The maximum Gasteiger partial charge on any atom is 0.410 e. The van der Waals surface area contributed by atoms with Crippen molar-refractivity contribution in [3.63, 3.8) is 0 Å². The zero-order chi connectivity index (χ0) is 16.6. The van der Waals surface area contributed by atoms with Crippen LogP contribution < -0.4 is 11.1 Å². The van der Waals surface area contributed by atoms with Crippen LogP contribution in [-0.4, -0.2) is 48.7 Å². The number of aliphatic imine (C=N–C) groups is 1. The van der Waals surface area contributed by atoms with Gasteiger partial charge in [-0.05, 0) is 46.0 Å². The van der Waals surface area contributed by atoms with E-state index in [9.17, 15) is 4.79 Å². The first kappa shape index (κ1) is 22.3. The molecule has 0 unspecified atom stereocenters. The Morgan fingerprint density at radius 1 is 1.35 bits per heavy atom. The summed E-state index contributed by atoms with van der Waals surface area (Å²) in [5.41, 5.74) is 5.40. The Hall–Kier alpha value is -0.730. The summed E-state index contributed by atoms with van der Waals surface area (Å²) in [4.78, 5) is 18.2. The van der Waals surface area contributed by atoms with Gasteiger partial charge in [0.2, 0.25) is 0 Å². The predicted molar refractivity (Wildman–Crippen MR) is 105 cm³/mol. The lowest BCUT2D eigenvalue weighted by Gasteiger charge is -2.33. The number of likely N-dealkylation sites (tertiary alicyclic amines) is 1. The van der Waals surface area contributed by atoms with Crippen LogP contribution in [0.5, 0.6) is 0 Å². The Labute approximate surface area is 157 Å². The number of amides is 1. The van der Waals surface area contributed by atoms with Crippen LogP contribution in [0.4, 0.5) is 4.79 Å². The van der Waals surface area contributed by atoms with Gasteiger partial charge in [-0.1, -0.05) is 13.3 Å². The van der Waals surface area contributed by atoms with E-state index in [0.29, 0.717) is 11.9 Å². The fraction of sp³-hybridized carbons (Fsp3) is 0.875. The highest BCUT2D eigenvalue weighted by Gasteiger charge is 2.26. The highest BCUT2D eigenvalue weighted by atomic mass is 127. The summed E-state index contributed by atoms with van der Waals surface area (Å²) in [5.74, 6) is 1.02. The number of hydrogen-bond donors (Lipinski definition) is 2. The number of piperidine rings is 1. The summed E-state index contributed by atoms with van der Waals surface area (Å²) in [5, 5.41) is 3.12. The molecule has 1 saturated heterocycles. The molecule has 0 saturated carbocycles.